The highest BCUT2D eigenvalue weighted by molar-refractivity contribution is 5.93. The van der Waals surface area contributed by atoms with Crippen LogP contribution in [0.1, 0.15) is 11.1 Å². The highest BCUT2D eigenvalue weighted by atomic mass is 16.6. The van der Waals surface area contributed by atoms with E-state index in [0.29, 0.717) is 60.6 Å². The number of nitrogens with zero attached hydrogens (tertiary/aromatic N) is 6. The number of methoxy groups -OCH3 is 2. The van der Waals surface area contributed by atoms with E-state index in [1.165, 1.54) is 26.4 Å². The van der Waals surface area contributed by atoms with Crippen LogP contribution in [0.2, 0.25) is 0 Å². The van der Waals surface area contributed by atoms with Crippen molar-refractivity contribution in [1.29, 1.82) is 0 Å². The second-order valence-electron chi connectivity index (χ2n) is 7.23. The highest BCUT2D eigenvalue weighted by Gasteiger charge is 2.14. The first-order valence-corrected chi connectivity index (χ1v) is 11.0. The van der Waals surface area contributed by atoms with Gasteiger partial charge in [-0.2, -0.15) is 0 Å². The lowest BCUT2D eigenvalue weighted by atomic mass is 10.1. The molecule has 0 saturated heterocycles. The molecule has 14 heteroatoms. The summed E-state index contributed by atoms with van der Waals surface area (Å²) in [4.78, 5) is 27.9. The van der Waals surface area contributed by atoms with E-state index >= 15 is 0 Å². The number of ether oxygens (including phenoxy) is 6. The van der Waals surface area contributed by atoms with Gasteiger partial charge in [-0.15, -0.1) is 0 Å². The molecule has 0 saturated carbocycles. The normalized spacial score (nSPS) is 13.4. The van der Waals surface area contributed by atoms with Gasteiger partial charge in [-0.25, -0.2) is 9.59 Å². The summed E-state index contributed by atoms with van der Waals surface area (Å²) in [6.07, 6.45) is 2.84. The third-order valence-corrected chi connectivity index (χ3v) is 4.83. The number of benzene rings is 2. The van der Waals surface area contributed by atoms with E-state index in [4.69, 9.17) is 30.0 Å². The molecule has 0 amide bonds. The number of esters is 2. The van der Waals surface area contributed by atoms with E-state index in [2.05, 4.69) is 29.5 Å². The van der Waals surface area contributed by atoms with Crippen LogP contribution in [0.3, 0.4) is 0 Å². The summed E-state index contributed by atoms with van der Waals surface area (Å²) < 4.78 is 30.6. The number of fused-ring (bicyclic) bond motifs is 2. The van der Waals surface area contributed by atoms with E-state index in [1.54, 1.807) is 36.4 Å². The van der Waals surface area contributed by atoms with Crippen LogP contribution in [0.4, 0.5) is 0 Å². The fourth-order valence-electron chi connectivity index (χ4n) is 3.18. The van der Waals surface area contributed by atoms with Crippen LogP contribution < -0.4 is 18.9 Å². The molecule has 0 aliphatic carbocycles. The monoisotopic (exact) mass is 522 g/mol. The Labute approximate surface area is 216 Å². The second-order valence-corrected chi connectivity index (χ2v) is 7.23. The standard InChI is InChI=1S/2C12H11N3O4/c2*1-17-12(16)9(14-15-13)6-8-2-3-10-11(7-8)19-5-4-18-10/h2*2-3,6-7H,4-5H2,1H3. The smallest absolute Gasteiger partial charge is 0.340 e. The Kier molecular flexibility index (Phi) is 9.82. The SMILES string of the molecule is COC(=O)C(=Cc1ccc2c(c1)OCCO2)N=[N+]=[N-].COC(=O)C(=Cc1ccc2c(c1)OCCO2)N=[N+]=[N-]. The number of carbonyl (C=O) groups is 2. The lowest BCUT2D eigenvalue weighted by Crippen LogP contribution is -2.15. The first kappa shape index (κ1) is 27.3. The lowest BCUT2D eigenvalue weighted by molar-refractivity contribution is -0.136. The molecule has 0 aromatic heterocycles. The fraction of sp³-hybridized carbons (Fsp3) is 0.250. The van der Waals surface area contributed by atoms with Crippen molar-refractivity contribution < 1.29 is 38.0 Å². The number of hydrogen-bond donors (Lipinski definition) is 0. The van der Waals surface area contributed by atoms with Crippen LogP contribution in [-0.2, 0) is 19.1 Å². The minimum absolute atomic E-state index is 0.123. The van der Waals surface area contributed by atoms with Crippen LogP contribution in [0, 0.1) is 0 Å². The van der Waals surface area contributed by atoms with Crippen molar-refractivity contribution in [1.82, 2.24) is 0 Å². The molecule has 0 bridgehead atoms. The number of hydrogen-bond acceptors (Lipinski definition) is 10. The van der Waals surface area contributed by atoms with Gasteiger partial charge < -0.3 is 28.4 Å². The zero-order valence-corrected chi connectivity index (χ0v) is 20.4. The Balaban J connectivity index is 0.000000211. The van der Waals surface area contributed by atoms with E-state index < -0.39 is 11.9 Å². The molecule has 2 aromatic rings. The topological polar surface area (TPSA) is 187 Å². The Hall–Kier alpha value is -5.32. The summed E-state index contributed by atoms with van der Waals surface area (Å²) in [6.45, 7) is 1.96. The first-order valence-electron chi connectivity index (χ1n) is 11.0. The average Bonchev–Trinajstić information content (AvgIpc) is 2.96. The molecule has 14 nitrogen and oxygen atoms in total. The molecule has 2 aliphatic heterocycles. The predicted molar refractivity (Wildman–Crippen MR) is 133 cm³/mol. The van der Waals surface area contributed by atoms with Gasteiger partial charge in [0, 0.05) is 9.82 Å². The van der Waals surface area contributed by atoms with Crippen molar-refractivity contribution in [3.8, 4) is 23.0 Å². The molecule has 0 radical (unpaired) electrons. The van der Waals surface area contributed by atoms with Crippen LogP contribution in [-0.4, -0.2) is 52.6 Å². The van der Waals surface area contributed by atoms with Crippen LogP contribution in [0.25, 0.3) is 33.0 Å². The third-order valence-electron chi connectivity index (χ3n) is 4.83. The lowest BCUT2D eigenvalue weighted by Gasteiger charge is -2.18. The maximum atomic E-state index is 11.4. The number of azide groups is 2. The summed E-state index contributed by atoms with van der Waals surface area (Å²) >= 11 is 0. The largest absolute Gasteiger partial charge is 0.486 e. The third kappa shape index (κ3) is 7.34. The molecule has 0 atom stereocenters. The van der Waals surface area contributed by atoms with E-state index in [-0.39, 0.29) is 11.4 Å². The van der Waals surface area contributed by atoms with Crippen LogP contribution in [0.15, 0.2) is 58.0 Å². The van der Waals surface area contributed by atoms with Gasteiger partial charge in [-0.3, -0.25) is 0 Å². The van der Waals surface area contributed by atoms with Crippen molar-refractivity contribution in [2.24, 2.45) is 10.2 Å². The zero-order valence-electron chi connectivity index (χ0n) is 20.4. The Morgan fingerprint density at radius 2 is 1.08 bits per heavy atom. The van der Waals surface area contributed by atoms with E-state index in [1.807, 2.05) is 0 Å². The van der Waals surface area contributed by atoms with Gasteiger partial charge in [-0.1, -0.05) is 22.4 Å². The van der Waals surface area contributed by atoms with Crippen LogP contribution >= 0.6 is 0 Å². The molecule has 2 aromatic carbocycles. The van der Waals surface area contributed by atoms with Crippen molar-refractivity contribution in [3.05, 3.63) is 79.8 Å². The van der Waals surface area contributed by atoms with Gasteiger partial charge in [0.2, 0.25) is 0 Å². The molecule has 0 fully saturated rings. The summed E-state index contributed by atoms with van der Waals surface area (Å²) in [5.74, 6) is 1.06. The quantitative estimate of drug-likeness (QED) is 0.173. The van der Waals surface area contributed by atoms with Gasteiger partial charge in [0.1, 0.15) is 37.8 Å². The summed E-state index contributed by atoms with van der Waals surface area (Å²) in [7, 11) is 2.43. The van der Waals surface area contributed by atoms with Crippen molar-refractivity contribution in [2.75, 3.05) is 40.6 Å². The Morgan fingerprint density at radius 1 is 0.711 bits per heavy atom. The Bertz CT molecular complexity index is 1260. The molecule has 0 unspecified atom stereocenters. The average molecular weight is 522 g/mol. The minimum atomic E-state index is -0.701. The molecule has 196 valence electrons. The van der Waals surface area contributed by atoms with Crippen molar-refractivity contribution in [2.45, 2.75) is 0 Å². The van der Waals surface area contributed by atoms with Crippen molar-refractivity contribution in [3.63, 3.8) is 0 Å². The number of carbonyl (C=O) groups excluding carboxylic acids is 2. The predicted octanol–water partition coefficient (Wildman–Crippen LogP) is 4.56. The molecule has 4 rings (SSSR count). The maximum absolute atomic E-state index is 11.4. The highest BCUT2D eigenvalue weighted by Crippen LogP contribution is 2.32. The molecule has 0 spiro atoms. The first-order chi connectivity index (χ1) is 18.5. The molecule has 2 heterocycles. The molecule has 2 aliphatic rings. The maximum Gasteiger partial charge on any atom is 0.340 e. The van der Waals surface area contributed by atoms with Gasteiger partial charge in [-0.05, 0) is 58.6 Å². The summed E-state index contributed by atoms with van der Waals surface area (Å²) in [6, 6.07) is 10.3. The van der Waals surface area contributed by atoms with Gasteiger partial charge in [0.25, 0.3) is 0 Å². The fourth-order valence-corrected chi connectivity index (χ4v) is 3.18. The summed E-state index contributed by atoms with van der Waals surface area (Å²) in [5, 5.41) is 6.59. The van der Waals surface area contributed by atoms with Gasteiger partial charge >= 0.3 is 11.9 Å². The van der Waals surface area contributed by atoms with Gasteiger partial charge in [0.05, 0.1) is 14.2 Å². The van der Waals surface area contributed by atoms with Gasteiger partial charge in [0.15, 0.2) is 23.0 Å². The van der Waals surface area contributed by atoms with E-state index in [0.717, 1.165) is 0 Å². The molecular weight excluding hydrogens is 500 g/mol. The van der Waals surface area contributed by atoms with Crippen LogP contribution in [0.5, 0.6) is 23.0 Å². The minimum Gasteiger partial charge on any atom is -0.486 e. The van der Waals surface area contributed by atoms with Crippen molar-refractivity contribution >= 4 is 24.1 Å². The van der Waals surface area contributed by atoms with E-state index in [9.17, 15) is 9.59 Å². The molecule has 0 N–H and O–H groups in total. The molecular formula is C24H22N6O8. The Morgan fingerprint density at radius 3 is 1.42 bits per heavy atom. The second kappa shape index (κ2) is 13.7. The zero-order chi connectivity index (χ0) is 27.3. The molecule has 38 heavy (non-hydrogen) atoms. The number of rotatable bonds is 6. The summed E-state index contributed by atoms with van der Waals surface area (Å²) in [5.41, 5.74) is 17.9.